The summed E-state index contributed by atoms with van der Waals surface area (Å²) in [6, 6.07) is 13.6. The van der Waals surface area contributed by atoms with Gasteiger partial charge in [0.15, 0.2) is 5.65 Å². The Morgan fingerprint density at radius 1 is 0.939 bits per heavy atom. The van der Waals surface area contributed by atoms with Crippen LogP contribution in [-0.2, 0) is 5.88 Å². The molecule has 4 rings (SSSR count). The minimum Gasteiger partial charge on any atom is -0.383 e. The molecule has 33 heavy (non-hydrogen) atoms. The monoisotopic (exact) mass is 524 g/mol. The highest BCUT2D eigenvalue weighted by molar-refractivity contribution is 7.98. The van der Waals surface area contributed by atoms with Gasteiger partial charge in [-0.2, -0.15) is 9.61 Å². The lowest BCUT2D eigenvalue weighted by atomic mass is 10.1. The predicted molar refractivity (Wildman–Crippen MR) is 148 cm³/mol. The lowest BCUT2D eigenvalue weighted by Crippen LogP contribution is -2.03. The fourth-order valence-electron chi connectivity index (χ4n) is 2.75. The number of nitrogens with two attached hydrogens (primary N) is 1. The van der Waals surface area contributed by atoms with Crippen LogP contribution in [0.1, 0.15) is 38.8 Å². The Kier molecular flexibility index (Phi) is 13.3. The molecular weight excluding hydrogens is 495 g/mol. The van der Waals surface area contributed by atoms with Crippen LogP contribution in [-0.4, -0.2) is 20.9 Å². The van der Waals surface area contributed by atoms with Gasteiger partial charge in [-0.15, -0.1) is 23.4 Å². The zero-order valence-corrected chi connectivity index (χ0v) is 22.9. The van der Waals surface area contributed by atoms with Gasteiger partial charge in [-0.05, 0) is 36.9 Å². The molecule has 8 heteroatoms. The minimum atomic E-state index is 0.348. The summed E-state index contributed by atoms with van der Waals surface area (Å²) < 4.78 is 1.59. The second kappa shape index (κ2) is 15.1. The molecule has 0 saturated heterocycles. The van der Waals surface area contributed by atoms with Gasteiger partial charge in [-0.1, -0.05) is 75.2 Å². The lowest BCUT2D eigenvalue weighted by Gasteiger charge is -2.09. The van der Waals surface area contributed by atoms with E-state index in [1.165, 1.54) is 0 Å². The van der Waals surface area contributed by atoms with E-state index < -0.39 is 0 Å². The molecular formula is C25H31Cl3N4S. The SMILES string of the molecule is CC.CC.CSc1ccccc1Cl.Cc1ccc(-c2cnc3c(CCl)cnn3c2N)c(Cl)c1. The van der Waals surface area contributed by atoms with Crippen LogP contribution < -0.4 is 5.73 Å². The lowest BCUT2D eigenvalue weighted by molar-refractivity contribution is 0.954. The fraction of sp³-hybridized carbons (Fsp3) is 0.280. The van der Waals surface area contributed by atoms with E-state index in [1.807, 2.05) is 83.3 Å². The minimum absolute atomic E-state index is 0.348. The van der Waals surface area contributed by atoms with Crippen molar-refractivity contribution in [1.29, 1.82) is 0 Å². The smallest absolute Gasteiger partial charge is 0.161 e. The summed E-state index contributed by atoms with van der Waals surface area (Å²) >= 11 is 19.6. The molecule has 0 aliphatic rings. The van der Waals surface area contributed by atoms with Gasteiger partial charge in [0.1, 0.15) is 5.82 Å². The van der Waals surface area contributed by atoms with E-state index in [0.717, 1.165) is 32.2 Å². The summed E-state index contributed by atoms with van der Waals surface area (Å²) in [4.78, 5) is 5.53. The van der Waals surface area contributed by atoms with Gasteiger partial charge < -0.3 is 5.73 Å². The first kappa shape index (κ1) is 29.1. The average molecular weight is 526 g/mol. The molecule has 0 spiro atoms. The summed E-state index contributed by atoms with van der Waals surface area (Å²) in [5.74, 6) is 0.845. The number of hydrogen-bond donors (Lipinski definition) is 1. The van der Waals surface area contributed by atoms with Crippen LogP contribution in [0, 0.1) is 6.92 Å². The van der Waals surface area contributed by atoms with E-state index in [1.54, 1.807) is 28.7 Å². The number of anilines is 1. The number of rotatable bonds is 3. The number of aryl methyl sites for hydroxylation is 1. The molecule has 0 fully saturated rings. The van der Waals surface area contributed by atoms with Crippen LogP contribution in [0.15, 0.2) is 59.8 Å². The van der Waals surface area contributed by atoms with Crippen LogP contribution in [0.5, 0.6) is 0 Å². The molecule has 0 saturated carbocycles. The van der Waals surface area contributed by atoms with Crippen molar-refractivity contribution in [1.82, 2.24) is 14.6 Å². The van der Waals surface area contributed by atoms with Crippen molar-refractivity contribution in [3.63, 3.8) is 0 Å². The third-order valence-corrected chi connectivity index (χ3v) is 6.09. The zero-order chi connectivity index (χ0) is 25.0. The van der Waals surface area contributed by atoms with Crippen molar-refractivity contribution in [2.45, 2.75) is 45.4 Å². The van der Waals surface area contributed by atoms with Gasteiger partial charge in [0.2, 0.25) is 0 Å². The Balaban J connectivity index is 0.000000352. The first-order valence-corrected chi connectivity index (χ1v) is 13.2. The fourth-order valence-corrected chi connectivity index (χ4v) is 4.12. The Labute approximate surface area is 216 Å². The molecule has 0 radical (unpaired) electrons. The number of fused-ring (bicyclic) bond motifs is 1. The van der Waals surface area contributed by atoms with E-state index in [0.29, 0.717) is 22.4 Å². The van der Waals surface area contributed by atoms with Crippen molar-refractivity contribution < 1.29 is 0 Å². The maximum atomic E-state index is 6.29. The van der Waals surface area contributed by atoms with Crippen LogP contribution in [0.25, 0.3) is 16.8 Å². The third kappa shape index (κ3) is 7.54. The van der Waals surface area contributed by atoms with E-state index in [9.17, 15) is 0 Å². The summed E-state index contributed by atoms with van der Waals surface area (Å²) in [5.41, 5.74) is 10.4. The third-order valence-electron chi connectivity index (χ3n) is 4.25. The first-order valence-electron chi connectivity index (χ1n) is 10.7. The van der Waals surface area contributed by atoms with Crippen molar-refractivity contribution in [3.05, 3.63) is 76.0 Å². The number of nitrogens with zero attached hydrogens (tertiary/aromatic N) is 3. The molecule has 4 aromatic rings. The average Bonchev–Trinajstić information content (AvgIpc) is 3.27. The van der Waals surface area contributed by atoms with E-state index in [-0.39, 0.29) is 0 Å². The predicted octanol–water partition coefficient (Wildman–Crippen LogP) is 8.79. The molecule has 0 unspecified atom stereocenters. The Bertz CT molecular complexity index is 1150. The quantitative estimate of drug-likeness (QED) is 0.214. The van der Waals surface area contributed by atoms with Crippen molar-refractivity contribution in [2.24, 2.45) is 0 Å². The van der Waals surface area contributed by atoms with E-state index >= 15 is 0 Å². The summed E-state index contributed by atoms with van der Waals surface area (Å²) in [6.07, 6.45) is 5.40. The highest BCUT2D eigenvalue weighted by atomic mass is 35.5. The number of aromatic nitrogens is 3. The molecule has 0 aliphatic carbocycles. The maximum absolute atomic E-state index is 6.29. The van der Waals surface area contributed by atoms with Crippen molar-refractivity contribution in [2.75, 3.05) is 12.0 Å². The number of alkyl halides is 1. The van der Waals surface area contributed by atoms with Crippen molar-refractivity contribution >= 4 is 58.0 Å². The largest absolute Gasteiger partial charge is 0.383 e. The van der Waals surface area contributed by atoms with Crippen LogP contribution in [0.3, 0.4) is 0 Å². The van der Waals surface area contributed by atoms with Gasteiger partial charge in [0.25, 0.3) is 0 Å². The molecule has 2 N–H and O–H groups in total. The summed E-state index contributed by atoms with van der Waals surface area (Å²) in [7, 11) is 0. The molecule has 2 aromatic carbocycles. The van der Waals surface area contributed by atoms with Crippen LogP contribution in [0.2, 0.25) is 10.0 Å². The molecule has 0 aliphatic heterocycles. The molecule has 0 bridgehead atoms. The van der Waals surface area contributed by atoms with Gasteiger partial charge in [0.05, 0.1) is 17.1 Å². The second-order valence-corrected chi connectivity index (χ2v) is 8.14. The van der Waals surface area contributed by atoms with Gasteiger partial charge in [0, 0.05) is 32.8 Å². The zero-order valence-electron chi connectivity index (χ0n) is 19.9. The maximum Gasteiger partial charge on any atom is 0.161 e. The first-order chi connectivity index (χ1) is 16.0. The second-order valence-electron chi connectivity index (χ2n) is 6.21. The Morgan fingerprint density at radius 2 is 1.61 bits per heavy atom. The molecule has 178 valence electrons. The molecule has 2 aromatic heterocycles. The Morgan fingerprint density at radius 3 is 2.15 bits per heavy atom. The highest BCUT2D eigenvalue weighted by Crippen LogP contribution is 2.32. The van der Waals surface area contributed by atoms with Gasteiger partial charge >= 0.3 is 0 Å². The van der Waals surface area contributed by atoms with Gasteiger partial charge in [-0.3, -0.25) is 0 Å². The number of halogens is 3. The highest BCUT2D eigenvalue weighted by Gasteiger charge is 2.14. The van der Waals surface area contributed by atoms with E-state index in [4.69, 9.17) is 40.5 Å². The standard InChI is InChI=1S/C14H12Cl2N4.C7H7ClS.2C2H6/c1-8-2-3-10(12(16)4-8)11-7-18-14-9(5-15)6-19-20(14)13(11)17;1-9-7-5-3-2-4-6(7)8;2*1-2/h2-4,6-7H,5,17H2,1H3;2-5H,1H3;2*1-2H3. The number of thioether (sulfide) groups is 1. The van der Waals surface area contributed by atoms with E-state index in [2.05, 4.69) is 10.1 Å². The number of nitrogen functional groups attached to an aromatic ring is 1. The molecule has 2 heterocycles. The number of hydrogen-bond acceptors (Lipinski definition) is 4. The number of benzene rings is 2. The molecule has 4 nitrogen and oxygen atoms in total. The normalized spacial score (nSPS) is 9.73. The summed E-state index contributed by atoms with van der Waals surface area (Å²) in [5, 5.41) is 5.70. The van der Waals surface area contributed by atoms with Crippen molar-refractivity contribution in [3.8, 4) is 11.1 Å². The molecule has 0 amide bonds. The topological polar surface area (TPSA) is 56.2 Å². The van der Waals surface area contributed by atoms with Crippen LogP contribution >= 0.6 is 46.6 Å². The Hall–Kier alpha value is -1.92. The van der Waals surface area contributed by atoms with Crippen LogP contribution in [0.4, 0.5) is 5.82 Å². The summed E-state index contributed by atoms with van der Waals surface area (Å²) in [6.45, 7) is 9.99. The molecule has 0 atom stereocenters. The van der Waals surface area contributed by atoms with Gasteiger partial charge in [-0.25, -0.2) is 4.98 Å².